The number of rotatable bonds is 12. The van der Waals surface area contributed by atoms with Gasteiger partial charge in [0, 0.05) is 28.5 Å². The number of ether oxygens (including phenoxy) is 2. The van der Waals surface area contributed by atoms with Gasteiger partial charge in [0.1, 0.15) is 17.2 Å². The number of aromatic nitrogens is 2. The number of anilines is 2. The van der Waals surface area contributed by atoms with Crippen molar-refractivity contribution in [3.05, 3.63) is 89.6 Å². The molecule has 0 aliphatic carbocycles. The average molecular weight is 517 g/mol. The lowest BCUT2D eigenvalue weighted by atomic mass is 10.1. The van der Waals surface area contributed by atoms with Gasteiger partial charge in [0.15, 0.2) is 0 Å². The predicted octanol–water partition coefficient (Wildman–Crippen LogP) is 7.75. The second kappa shape index (κ2) is 13.1. The molecule has 4 aromatic rings. The van der Waals surface area contributed by atoms with Gasteiger partial charge >= 0.3 is 0 Å². The van der Waals surface area contributed by atoms with Crippen LogP contribution < -0.4 is 14.8 Å². The van der Waals surface area contributed by atoms with E-state index in [0.717, 1.165) is 54.4 Å². The molecule has 4 rings (SSSR count). The van der Waals surface area contributed by atoms with Crippen molar-refractivity contribution in [2.45, 2.75) is 27.2 Å². The summed E-state index contributed by atoms with van der Waals surface area (Å²) in [5, 5.41) is 3.93. The van der Waals surface area contributed by atoms with Gasteiger partial charge in [-0.1, -0.05) is 31.5 Å². The molecule has 0 unspecified atom stereocenters. The average Bonchev–Trinajstić information content (AvgIpc) is 2.90. The summed E-state index contributed by atoms with van der Waals surface area (Å²) >= 11 is 6.04. The molecule has 1 aromatic heterocycles. The Labute approximate surface area is 224 Å². The number of hydrogen-bond donors (Lipinski definition) is 1. The van der Waals surface area contributed by atoms with Crippen LogP contribution >= 0.6 is 11.6 Å². The lowest BCUT2D eigenvalue weighted by Gasteiger charge is -2.17. The lowest BCUT2D eigenvalue weighted by Crippen LogP contribution is -2.25. The molecule has 0 aliphatic rings. The normalized spacial score (nSPS) is 10.9. The van der Waals surface area contributed by atoms with Crippen LogP contribution in [-0.2, 0) is 0 Å². The summed E-state index contributed by atoms with van der Waals surface area (Å²) in [7, 11) is 0. The van der Waals surface area contributed by atoms with Gasteiger partial charge in [-0.3, -0.25) is 0 Å². The van der Waals surface area contributed by atoms with Gasteiger partial charge in [-0.05, 0) is 99.2 Å². The van der Waals surface area contributed by atoms with Crippen molar-refractivity contribution in [3.63, 3.8) is 0 Å². The Morgan fingerprint density at radius 2 is 1.57 bits per heavy atom. The Hall–Kier alpha value is -3.61. The monoisotopic (exact) mass is 516 g/mol. The SMILES string of the molecule is CCN(CC)CCCOc1ccc(-c2cc(C)nc(Nc3ccc(Oc4cccc(Cl)c4)cc3)n2)cc1. The molecular formula is C30H33ClN4O2. The third-order valence-electron chi connectivity index (χ3n) is 5.93. The molecule has 0 bridgehead atoms. The van der Waals surface area contributed by atoms with Gasteiger partial charge in [-0.15, -0.1) is 0 Å². The summed E-state index contributed by atoms with van der Waals surface area (Å²) in [5.41, 5.74) is 3.60. The zero-order chi connectivity index (χ0) is 26.0. The second-order valence-electron chi connectivity index (χ2n) is 8.68. The number of benzene rings is 3. The van der Waals surface area contributed by atoms with Gasteiger partial charge < -0.3 is 19.7 Å². The quantitative estimate of drug-likeness (QED) is 0.194. The maximum Gasteiger partial charge on any atom is 0.227 e. The van der Waals surface area contributed by atoms with Crippen LogP contribution in [0.4, 0.5) is 11.6 Å². The van der Waals surface area contributed by atoms with E-state index in [9.17, 15) is 0 Å². The zero-order valence-electron chi connectivity index (χ0n) is 21.6. The molecular weight excluding hydrogens is 484 g/mol. The first-order valence-electron chi connectivity index (χ1n) is 12.6. The summed E-state index contributed by atoms with van der Waals surface area (Å²) in [6.45, 7) is 10.2. The van der Waals surface area contributed by atoms with E-state index in [1.165, 1.54) is 0 Å². The van der Waals surface area contributed by atoms with Gasteiger partial charge in [-0.25, -0.2) is 9.97 Å². The highest BCUT2D eigenvalue weighted by atomic mass is 35.5. The van der Waals surface area contributed by atoms with Crippen LogP contribution in [0.1, 0.15) is 26.0 Å². The topological polar surface area (TPSA) is 59.5 Å². The number of hydrogen-bond acceptors (Lipinski definition) is 6. The Morgan fingerprint density at radius 1 is 0.838 bits per heavy atom. The molecule has 6 nitrogen and oxygen atoms in total. The van der Waals surface area contributed by atoms with Crippen molar-refractivity contribution < 1.29 is 9.47 Å². The highest BCUT2D eigenvalue weighted by molar-refractivity contribution is 6.30. The Kier molecular flexibility index (Phi) is 9.35. The smallest absolute Gasteiger partial charge is 0.227 e. The van der Waals surface area contributed by atoms with E-state index in [1.54, 1.807) is 6.07 Å². The number of nitrogens with zero attached hydrogens (tertiary/aromatic N) is 3. The van der Waals surface area contributed by atoms with Gasteiger partial charge in [0.25, 0.3) is 0 Å². The van der Waals surface area contributed by atoms with E-state index in [0.29, 0.717) is 29.1 Å². The minimum atomic E-state index is 0.537. The van der Waals surface area contributed by atoms with Gasteiger partial charge in [0.05, 0.1) is 12.3 Å². The van der Waals surface area contributed by atoms with E-state index in [4.69, 9.17) is 26.1 Å². The van der Waals surface area contributed by atoms with Crippen molar-refractivity contribution in [3.8, 4) is 28.5 Å². The first kappa shape index (κ1) is 26.5. The fraction of sp³-hybridized carbons (Fsp3) is 0.267. The van der Waals surface area contributed by atoms with Crippen LogP contribution in [-0.4, -0.2) is 41.1 Å². The molecule has 0 saturated carbocycles. The molecule has 1 N–H and O–H groups in total. The van der Waals surface area contributed by atoms with Gasteiger partial charge in [-0.2, -0.15) is 0 Å². The summed E-state index contributed by atoms with van der Waals surface area (Å²) in [4.78, 5) is 11.7. The third kappa shape index (κ3) is 7.94. The van der Waals surface area contributed by atoms with Crippen molar-refractivity contribution in [1.29, 1.82) is 0 Å². The molecule has 0 fully saturated rings. The molecule has 0 atom stereocenters. The molecule has 0 spiro atoms. The molecule has 0 aliphatic heterocycles. The summed E-state index contributed by atoms with van der Waals surface area (Å²) in [6, 6.07) is 25.0. The summed E-state index contributed by atoms with van der Waals surface area (Å²) in [5.74, 6) is 2.81. The number of aryl methyl sites for hydroxylation is 1. The van der Waals surface area contributed by atoms with Crippen LogP contribution in [0.2, 0.25) is 5.02 Å². The number of nitrogens with one attached hydrogen (secondary N) is 1. The van der Waals surface area contributed by atoms with E-state index < -0.39 is 0 Å². The summed E-state index contributed by atoms with van der Waals surface area (Å²) < 4.78 is 11.8. The third-order valence-corrected chi connectivity index (χ3v) is 6.16. The second-order valence-corrected chi connectivity index (χ2v) is 9.12. The maximum atomic E-state index is 6.04. The Balaban J connectivity index is 1.36. The van der Waals surface area contributed by atoms with Crippen LogP contribution in [0.3, 0.4) is 0 Å². The fourth-order valence-corrected chi connectivity index (χ4v) is 4.09. The predicted molar refractivity (Wildman–Crippen MR) is 151 cm³/mol. The first-order valence-corrected chi connectivity index (χ1v) is 13.0. The highest BCUT2D eigenvalue weighted by Crippen LogP contribution is 2.27. The van der Waals surface area contributed by atoms with Crippen LogP contribution in [0, 0.1) is 6.92 Å². The highest BCUT2D eigenvalue weighted by Gasteiger charge is 2.07. The fourth-order valence-electron chi connectivity index (χ4n) is 3.91. The molecule has 0 amide bonds. The molecule has 0 radical (unpaired) electrons. The first-order chi connectivity index (χ1) is 18.0. The lowest BCUT2D eigenvalue weighted by molar-refractivity contribution is 0.249. The van der Waals surface area contributed by atoms with Crippen LogP contribution in [0.15, 0.2) is 78.9 Å². The van der Waals surface area contributed by atoms with E-state index >= 15 is 0 Å². The maximum absolute atomic E-state index is 6.04. The standard InChI is InChI=1S/C30H33ClN4O2/c1-4-35(5-2)18-7-19-36-26-14-10-23(11-15-26)29-20-22(3)32-30(34-29)33-25-12-16-27(17-13-25)37-28-9-6-8-24(31)21-28/h6,8-17,20-21H,4-5,7,18-19H2,1-3H3,(H,32,33,34). The van der Waals surface area contributed by atoms with Crippen molar-refractivity contribution in [1.82, 2.24) is 14.9 Å². The molecule has 37 heavy (non-hydrogen) atoms. The molecule has 3 aromatic carbocycles. The zero-order valence-corrected chi connectivity index (χ0v) is 22.3. The van der Waals surface area contributed by atoms with Crippen molar-refractivity contribution >= 4 is 23.2 Å². The largest absolute Gasteiger partial charge is 0.494 e. The van der Waals surface area contributed by atoms with Crippen LogP contribution in [0.5, 0.6) is 17.2 Å². The number of halogens is 1. The van der Waals surface area contributed by atoms with Crippen molar-refractivity contribution in [2.75, 3.05) is 31.6 Å². The van der Waals surface area contributed by atoms with E-state index in [-0.39, 0.29) is 0 Å². The molecule has 7 heteroatoms. The van der Waals surface area contributed by atoms with E-state index in [2.05, 4.69) is 29.0 Å². The van der Waals surface area contributed by atoms with E-state index in [1.807, 2.05) is 79.7 Å². The van der Waals surface area contributed by atoms with Gasteiger partial charge in [0.2, 0.25) is 5.95 Å². The Bertz CT molecular complexity index is 1280. The minimum absolute atomic E-state index is 0.537. The molecule has 0 saturated heterocycles. The minimum Gasteiger partial charge on any atom is -0.494 e. The van der Waals surface area contributed by atoms with Crippen LogP contribution in [0.25, 0.3) is 11.3 Å². The van der Waals surface area contributed by atoms with Crippen molar-refractivity contribution in [2.24, 2.45) is 0 Å². The Morgan fingerprint density at radius 3 is 2.27 bits per heavy atom. The summed E-state index contributed by atoms with van der Waals surface area (Å²) in [6.07, 6.45) is 1.01. The molecule has 192 valence electrons. The molecule has 1 heterocycles.